The van der Waals surface area contributed by atoms with Gasteiger partial charge in [-0.2, -0.15) is 0 Å². The van der Waals surface area contributed by atoms with Crippen molar-refractivity contribution in [2.75, 3.05) is 34.7 Å². The molecule has 0 aliphatic rings. The number of esters is 1. The number of hydrogen-bond acceptors (Lipinski definition) is 6. The van der Waals surface area contributed by atoms with Gasteiger partial charge in [-0.3, -0.25) is 0 Å². The van der Waals surface area contributed by atoms with E-state index >= 15 is 0 Å². The highest BCUT2D eigenvalue weighted by atomic mass is 16.7. The fourth-order valence-electron chi connectivity index (χ4n) is 2.42. The predicted octanol–water partition coefficient (Wildman–Crippen LogP) is 4.03. The molecule has 0 aliphatic heterocycles. The van der Waals surface area contributed by atoms with Crippen LogP contribution in [0.3, 0.4) is 0 Å². The Morgan fingerprint density at radius 3 is 2.11 bits per heavy atom. The first kappa shape index (κ1) is 20.3. The summed E-state index contributed by atoms with van der Waals surface area (Å²) in [6, 6.07) is 10.9. The van der Waals surface area contributed by atoms with Crippen LogP contribution in [0.15, 0.2) is 36.4 Å². The van der Waals surface area contributed by atoms with E-state index in [4.69, 9.17) is 23.7 Å². The SMILES string of the molecule is CCOC(=O)c1cc(C=Cc2ccc(OC)c(OC)c2)ccc1OCOC. The van der Waals surface area contributed by atoms with Crippen LogP contribution in [0.2, 0.25) is 0 Å². The van der Waals surface area contributed by atoms with Crippen molar-refractivity contribution < 1.29 is 28.5 Å². The maximum Gasteiger partial charge on any atom is 0.341 e. The third kappa shape index (κ3) is 5.49. The van der Waals surface area contributed by atoms with Gasteiger partial charge in [-0.1, -0.05) is 24.3 Å². The van der Waals surface area contributed by atoms with Crippen LogP contribution in [0.4, 0.5) is 0 Å². The number of carbonyl (C=O) groups excluding carboxylic acids is 1. The van der Waals surface area contributed by atoms with Crippen molar-refractivity contribution in [1.82, 2.24) is 0 Å². The van der Waals surface area contributed by atoms with E-state index < -0.39 is 5.97 Å². The molecule has 0 heterocycles. The van der Waals surface area contributed by atoms with Gasteiger partial charge < -0.3 is 23.7 Å². The Hall–Kier alpha value is -2.99. The molecule has 27 heavy (non-hydrogen) atoms. The van der Waals surface area contributed by atoms with Crippen LogP contribution in [0.5, 0.6) is 17.2 Å². The monoisotopic (exact) mass is 372 g/mol. The molecule has 0 spiro atoms. The van der Waals surface area contributed by atoms with Crippen LogP contribution >= 0.6 is 0 Å². The van der Waals surface area contributed by atoms with Crippen molar-refractivity contribution >= 4 is 18.1 Å². The normalized spacial score (nSPS) is 10.7. The van der Waals surface area contributed by atoms with Gasteiger partial charge in [0, 0.05) is 7.11 Å². The van der Waals surface area contributed by atoms with Crippen molar-refractivity contribution in [2.45, 2.75) is 6.92 Å². The highest BCUT2D eigenvalue weighted by molar-refractivity contribution is 5.93. The van der Waals surface area contributed by atoms with E-state index in [9.17, 15) is 4.79 Å². The standard InChI is InChI=1S/C21H24O6/c1-5-26-21(22)17-12-15(8-10-18(17)27-14-23-2)6-7-16-9-11-19(24-3)20(13-16)25-4/h6-13H,5,14H2,1-4H3. The number of methoxy groups -OCH3 is 3. The minimum absolute atomic E-state index is 0.0488. The molecule has 0 saturated carbocycles. The molecule has 0 aromatic heterocycles. The molecule has 144 valence electrons. The summed E-state index contributed by atoms with van der Waals surface area (Å²) in [4.78, 5) is 12.2. The van der Waals surface area contributed by atoms with Crippen molar-refractivity contribution in [1.29, 1.82) is 0 Å². The van der Waals surface area contributed by atoms with Crippen molar-refractivity contribution in [3.05, 3.63) is 53.1 Å². The predicted molar refractivity (Wildman–Crippen MR) is 103 cm³/mol. The Balaban J connectivity index is 2.28. The fraction of sp³-hybridized carbons (Fsp3) is 0.286. The van der Waals surface area contributed by atoms with E-state index in [0.29, 0.717) is 22.8 Å². The maximum absolute atomic E-state index is 12.2. The third-order valence-electron chi connectivity index (χ3n) is 3.71. The van der Waals surface area contributed by atoms with Gasteiger partial charge in [-0.25, -0.2) is 4.79 Å². The van der Waals surface area contributed by atoms with Crippen molar-refractivity contribution in [2.24, 2.45) is 0 Å². The third-order valence-corrected chi connectivity index (χ3v) is 3.71. The summed E-state index contributed by atoms with van der Waals surface area (Å²) in [6.45, 7) is 2.09. The molecule has 0 radical (unpaired) electrons. The molecule has 0 N–H and O–H groups in total. The van der Waals surface area contributed by atoms with E-state index in [1.54, 1.807) is 33.3 Å². The number of benzene rings is 2. The van der Waals surface area contributed by atoms with Gasteiger partial charge in [0.25, 0.3) is 0 Å². The number of carbonyl (C=O) groups is 1. The lowest BCUT2D eigenvalue weighted by Gasteiger charge is -2.11. The molecule has 2 rings (SSSR count). The summed E-state index contributed by atoms with van der Waals surface area (Å²) in [5.41, 5.74) is 2.12. The zero-order chi connectivity index (χ0) is 19.6. The summed E-state index contributed by atoms with van der Waals surface area (Å²) in [7, 11) is 4.71. The van der Waals surface area contributed by atoms with Crippen LogP contribution in [0, 0.1) is 0 Å². The molecular formula is C21H24O6. The van der Waals surface area contributed by atoms with E-state index in [2.05, 4.69) is 0 Å². The summed E-state index contributed by atoms with van der Waals surface area (Å²) < 4.78 is 26.0. The second-order valence-corrected chi connectivity index (χ2v) is 5.47. The van der Waals surface area contributed by atoms with E-state index in [0.717, 1.165) is 11.1 Å². The van der Waals surface area contributed by atoms with Gasteiger partial charge in [0.05, 0.1) is 20.8 Å². The molecule has 0 unspecified atom stereocenters. The fourth-order valence-corrected chi connectivity index (χ4v) is 2.42. The van der Waals surface area contributed by atoms with Crippen LogP contribution in [0.1, 0.15) is 28.4 Å². The van der Waals surface area contributed by atoms with Crippen LogP contribution in [-0.2, 0) is 9.47 Å². The van der Waals surface area contributed by atoms with Gasteiger partial charge in [-0.15, -0.1) is 0 Å². The summed E-state index contributed by atoms with van der Waals surface area (Å²) in [6.07, 6.45) is 3.81. The minimum Gasteiger partial charge on any atom is -0.493 e. The maximum atomic E-state index is 12.2. The van der Waals surface area contributed by atoms with E-state index in [1.165, 1.54) is 7.11 Å². The van der Waals surface area contributed by atoms with Gasteiger partial charge in [0.1, 0.15) is 11.3 Å². The minimum atomic E-state index is -0.440. The average Bonchev–Trinajstić information content (AvgIpc) is 2.70. The first-order valence-corrected chi connectivity index (χ1v) is 8.46. The highest BCUT2D eigenvalue weighted by Gasteiger charge is 2.14. The number of ether oxygens (including phenoxy) is 5. The van der Waals surface area contributed by atoms with E-state index in [-0.39, 0.29) is 13.4 Å². The lowest BCUT2D eigenvalue weighted by Crippen LogP contribution is -2.09. The first-order valence-electron chi connectivity index (χ1n) is 8.46. The molecule has 0 saturated heterocycles. The van der Waals surface area contributed by atoms with Gasteiger partial charge in [-0.05, 0) is 42.3 Å². The molecule has 2 aromatic rings. The molecule has 0 aliphatic carbocycles. The highest BCUT2D eigenvalue weighted by Crippen LogP contribution is 2.28. The van der Waals surface area contributed by atoms with Crippen molar-refractivity contribution in [3.8, 4) is 17.2 Å². The molecule has 0 atom stereocenters. The molecule has 0 amide bonds. The van der Waals surface area contributed by atoms with Crippen LogP contribution in [0.25, 0.3) is 12.2 Å². The van der Waals surface area contributed by atoms with Gasteiger partial charge in [0.2, 0.25) is 0 Å². The second kappa shape index (κ2) is 10.2. The van der Waals surface area contributed by atoms with Crippen molar-refractivity contribution in [3.63, 3.8) is 0 Å². The lowest BCUT2D eigenvalue weighted by molar-refractivity contribution is 0.0438. The van der Waals surface area contributed by atoms with Crippen LogP contribution < -0.4 is 14.2 Å². The van der Waals surface area contributed by atoms with E-state index in [1.807, 2.05) is 36.4 Å². The smallest absolute Gasteiger partial charge is 0.341 e. The summed E-state index contributed by atoms with van der Waals surface area (Å²) in [5.74, 6) is 1.29. The average molecular weight is 372 g/mol. The molecule has 6 heteroatoms. The first-order chi connectivity index (χ1) is 13.1. The Morgan fingerprint density at radius 2 is 1.52 bits per heavy atom. The Kier molecular flexibility index (Phi) is 7.70. The zero-order valence-corrected chi connectivity index (χ0v) is 16.0. The molecule has 0 fully saturated rings. The Morgan fingerprint density at radius 1 is 0.889 bits per heavy atom. The topological polar surface area (TPSA) is 63.2 Å². The van der Waals surface area contributed by atoms with Gasteiger partial charge >= 0.3 is 5.97 Å². The molecular weight excluding hydrogens is 348 g/mol. The number of hydrogen-bond donors (Lipinski definition) is 0. The largest absolute Gasteiger partial charge is 0.493 e. The Bertz CT molecular complexity index is 797. The molecule has 2 aromatic carbocycles. The zero-order valence-electron chi connectivity index (χ0n) is 16.0. The number of rotatable bonds is 9. The summed E-state index contributed by atoms with van der Waals surface area (Å²) >= 11 is 0. The molecule has 6 nitrogen and oxygen atoms in total. The van der Waals surface area contributed by atoms with Crippen LogP contribution in [-0.4, -0.2) is 40.7 Å². The second-order valence-electron chi connectivity index (χ2n) is 5.47. The Labute approximate surface area is 159 Å². The lowest BCUT2D eigenvalue weighted by atomic mass is 10.1. The van der Waals surface area contributed by atoms with Gasteiger partial charge in [0.15, 0.2) is 18.3 Å². The summed E-state index contributed by atoms with van der Waals surface area (Å²) in [5, 5.41) is 0. The quantitative estimate of drug-likeness (QED) is 0.376. The molecule has 0 bridgehead atoms.